The highest BCUT2D eigenvalue weighted by Crippen LogP contribution is 2.31. The van der Waals surface area contributed by atoms with Gasteiger partial charge in [0.15, 0.2) is 0 Å². The fourth-order valence-corrected chi connectivity index (χ4v) is 3.36. The lowest BCUT2D eigenvalue weighted by Crippen LogP contribution is -2.49. The van der Waals surface area contributed by atoms with E-state index in [2.05, 4.69) is 21.3 Å². The summed E-state index contributed by atoms with van der Waals surface area (Å²) in [6.07, 6.45) is 6.43. The molecule has 21 heavy (non-hydrogen) atoms. The van der Waals surface area contributed by atoms with Crippen LogP contribution in [0.25, 0.3) is 0 Å². The molecule has 0 radical (unpaired) electrons. The van der Waals surface area contributed by atoms with Crippen LogP contribution in [0.3, 0.4) is 0 Å². The summed E-state index contributed by atoms with van der Waals surface area (Å²) in [5, 5.41) is 13.9. The van der Waals surface area contributed by atoms with E-state index in [1.54, 1.807) is 0 Å². The molecule has 0 unspecified atom stereocenters. The molecule has 2 fully saturated rings. The minimum atomic E-state index is -0.180. The van der Waals surface area contributed by atoms with Gasteiger partial charge in [0, 0.05) is 45.7 Å². The van der Waals surface area contributed by atoms with E-state index in [4.69, 9.17) is 0 Å². The van der Waals surface area contributed by atoms with Crippen molar-refractivity contribution < 1.29 is 4.79 Å². The summed E-state index contributed by atoms with van der Waals surface area (Å²) < 4.78 is 0. The second kappa shape index (κ2) is 9.51. The second-order valence-electron chi connectivity index (χ2n) is 6.47. The third-order valence-electron chi connectivity index (χ3n) is 4.74. The molecule has 5 heteroatoms. The van der Waals surface area contributed by atoms with E-state index < -0.39 is 0 Å². The van der Waals surface area contributed by atoms with Gasteiger partial charge in [-0.3, -0.25) is 4.79 Å². The zero-order chi connectivity index (χ0) is 14.8. The zero-order valence-electron chi connectivity index (χ0n) is 13.3. The molecule has 0 aromatic heterocycles. The van der Waals surface area contributed by atoms with Gasteiger partial charge in [0.25, 0.3) is 0 Å². The van der Waals surface area contributed by atoms with Gasteiger partial charge in [-0.25, -0.2) is 0 Å². The highest BCUT2D eigenvalue weighted by Gasteiger charge is 2.37. The first-order valence-corrected chi connectivity index (χ1v) is 8.70. The number of rotatable bonds is 0. The lowest BCUT2D eigenvalue weighted by atomic mass is 9.79. The van der Waals surface area contributed by atoms with Crippen LogP contribution < -0.4 is 21.3 Å². The predicted molar refractivity (Wildman–Crippen MR) is 86.6 cm³/mol. The average molecular weight is 296 g/mol. The van der Waals surface area contributed by atoms with Crippen molar-refractivity contribution in [2.45, 2.75) is 38.5 Å². The van der Waals surface area contributed by atoms with Crippen LogP contribution in [0.2, 0.25) is 0 Å². The molecular formula is C16H32N4O. The molecule has 1 saturated heterocycles. The second-order valence-corrected chi connectivity index (χ2v) is 6.47. The van der Waals surface area contributed by atoms with E-state index in [1.807, 2.05) is 0 Å². The maximum Gasteiger partial charge on any atom is 0.141 e. The predicted octanol–water partition coefficient (Wildman–Crippen LogP) is 0.268. The summed E-state index contributed by atoms with van der Waals surface area (Å²) in [7, 11) is 0. The number of carbonyl (C=O) groups is 1. The summed E-state index contributed by atoms with van der Waals surface area (Å²) in [5.74, 6) is 0.466. The lowest BCUT2D eigenvalue weighted by Gasteiger charge is -2.32. The Hall–Kier alpha value is -0.490. The molecule has 1 spiro atoms. The Morgan fingerprint density at radius 1 is 0.667 bits per heavy atom. The topological polar surface area (TPSA) is 65.2 Å². The molecule has 0 aromatic rings. The van der Waals surface area contributed by atoms with Crippen molar-refractivity contribution in [2.75, 3.05) is 52.4 Å². The average Bonchev–Trinajstić information content (AvgIpc) is 2.67. The third-order valence-corrected chi connectivity index (χ3v) is 4.74. The highest BCUT2D eigenvalue weighted by atomic mass is 16.1. The van der Waals surface area contributed by atoms with Crippen LogP contribution in [0.4, 0.5) is 0 Å². The lowest BCUT2D eigenvalue weighted by molar-refractivity contribution is -0.128. The molecule has 1 aliphatic carbocycles. The van der Waals surface area contributed by atoms with Crippen molar-refractivity contribution in [1.29, 1.82) is 0 Å². The van der Waals surface area contributed by atoms with E-state index in [9.17, 15) is 4.79 Å². The van der Waals surface area contributed by atoms with Crippen molar-refractivity contribution in [1.82, 2.24) is 21.3 Å². The summed E-state index contributed by atoms with van der Waals surface area (Å²) in [4.78, 5) is 12.6. The molecule has 0 amide bonds. The molecule has 122 valence electrons. The van der Waals surface area contributed by atoms with E-state index in [0.717, 1.165) is 71.6 Å². The molecule has 2 aliphatic rings. The summed E-state index contributed by atoms with van der Waals surface area (Å²) in [5.41, 5.74) is -0.180. The van der Waals surface area contributed by atoms with Crippen LogP contribution >= 0.6 is 0 Å². The van der Waals surface area contributed by atoms with Crippen LogP contribution in [-0.2, 0) is 4.79 Å². The first kappa shape index (κ1) is 16.9. The van der Waals surface area contributed by atoms with E-state index >= 15 is 0 Å². The van der Waals surface area contributed by atoms with Gasteiger partial charge < -0.3 is 21.3 Å². The first-order valence-electron chi connectivity index (χ1n) is 8.70. The van der Waals surface area contributed by atoms with E-state index in [1.165, 1.54) is 19.3 Å². The number of nitrogens with one attached hydrogen (secondary N) is 4. The number of carbonyl (C=O) groups excluding carboxylic acids is 1. The largest absolute Gasteiger partial charge is 0.315 e. The molecule has 5 nitrogen and oxygen atoms in total. The monoisotopic (exact) mass is 296 g/mol. The maximum atomic E-state index is 12.6. The highest BCUT2D eigenvalue weighted by molar-refractivity contribution is 5.85. The van der Waals surface area contributed by atoms with Crippen molar-refractivity contribution in [3.8, 4) is 0 Å². The van der Waals surface area contributed by atoms with Crippen LogP contribution in [0.15, 0.2) is 0 Å². The molecule has 1 saturated carbocycles. The summed E-state index contributed by atoms with van der Waals surface area (Å²) in [6, 6.07) is 0. The van der Waals surface area contributed by atoms with Crippen molar-refractivity contribution in [3.63, 3.8) is 0 Å². The Morgan fingerprint density at radius 2 is 1.29 bits per heavy atom. The van der Waals surface area contributed by atoms with Gasteiger partial charge in [-0.1, -0.05) is 12.8 Å². The Kier molecular flexibility index (Phi) is 7.64. The molecule has 4 N–H and O–H groups in total. The molecule has 1 aliphatic heterocycles. The SMILES string of the molecule is O=C1CCCCCC12CNCCNCCCNCCNC2. The van der Waals surface area contributed by atoms with Gasteiger partial charge in [0.2, 0.25) is 0 Å². The van der Waals surface area contributed by atoms with E-state index in [-0.39, 0.29) is 5.41 Å². The van der Waals surface area contributed by atoms with Gasteiger partial charge in [0.1, 0.15) is 5.78 Å². The van der Waals surface area contributed by atoms with E-state index in [0.29, 0.717) is 5.78 Å². The zero-order valence-corrected chi connectivity index (χ0v) is 13.3. The van der Waals surface area contributed by atoms with Gasteiger partial charge in [-0.2, -0.15) is 0 Å². The quantitative estimate of drug-likeness (QED) is 0.517. The molecule has 1 heterocycles. The van der Waals surface area contributed by atoms with Crippen LogP contribution in [0.5, 0.6) is 0 Å². The van der Waals surface area contributed by atoms with Crippen LogP contribution in [0, 0.1) is 5.41 Å². The summed E-state index contributed by atoms with van der Waals surface area (Å²) >= 11 is 0. The molecule has 0 atom stereocenters. The van der Waals surface area contributed by atoms with Crippen molar-refractivity contribution in [2.24, 2.45) is 5.41 Å². The Morgan fingerprint density at radius 3 is 1.95 bits per heavy atom. The number of ketones is 1. The summed E-state index contributed by atoms with van der Waals surface area (Å²) in [6.45, 7) is 7.64. The fourth-order valence-electron chi connectivity index (χ4n) is 3.36. The Labute approximate surface area is 129 Å². The standard InChI is InChI=1S/C16H32N4O/c21-15-5-2-1-3-6-16(15)13-19-11-9-17-7-4-8-18-10-12-20-14-16/h17-20H,1-14H2. The Balaban J connectivity index is 1.92. The smallest absolute Gasteiger partial charge is 0.141 e. The van der Waals surface area contributed by atoms with Crippen molar-refractivity contribution in [3.05, 3.63) is 0 Å². The first-order chi connectivity index (χ1) is 10.3. The number of hydrogen-bond donors (Lipinski definition) is 4. The van der Waals surface area contributed by atoms with Gasteiger partial charge in [-0.05, 0) is 32.4 Å². The number of hydrogen-bond acceptors (Lipinski definition) is 5. The molecule has 2 rings (SSSR count). The van der Waals surface area contributed by atoms with Crippen LogP contribution in [0.1, 0.15) is 38.5 Å². The minimum absolute atomic E-state index is 0.180. The fraction of sp³-hybridized carbons (Fsp3) is 0.938. The normalized spacial score (nSPS) is 27.0. The molecular weight excluding hydrogens is 264 g/mol. The molecule has 0 aromatic carbocycles. The third kappa shape index (κ3) is 5.66. The van der Waals surface area contributed by atoms with Gasteiger partial charge in [0.05, 0.1) is 5.41 Å². The number of Topliss-reactive ketones (excluding diaryl/α,β-unsaturated/α-hetero) is 1. The van der Waals surface area contributed by atoms with Gasteiger partial charge in [-0.15, -0.1) is 0 Å². The minimum Gasteiger partial charge on any atom is -0.315 e. The maximum absolute atomic E-state index is 12.6. The Bertz CT molecular complexity index is 295. The van der Waals surface area contributed by atoms with Crippen molar-refractivity contribution >= 4 is 5.78 Å². The van der Waals surface area contributed by atoms with Crippen LogP contribution in [-0.4, -0.2) is 58.1 Å². The van der Waals surface area contributed by atoms with Gasteiger partial charge >= 0.3 is 0 Å². The molecule has 0 bridgehead atoms.